The molecule has 2 aromatic rings. The molecule has 6 heteroatoms. The Hall–Kier alpha value is -2.21. The zero-order chi connectivity index (χ0) is 17.2. The van der Waals surface area contributed by atoms with Crippen molar-refractivity contribution in [1.29, 1.82) is 0 Å². The summed E-state index contributed by atoms with van der Waals surface area (Å²) < 4.78 is 5.41. The molecule has 4 rings (SSSR count). The fourth-order valence-corrected chi connectivity index (χ4v) is 3.54. The lowest BCUT2D eigenvalue weighted by Gasteiger charge is -2.30. The number of carbonyl (C=O) groups is 1. The molecule has 2 fully saturated rings. The van der Waals surface area contributed by atoms with Crippen molar-refractivity contribution in [3.63, 3.8) is 0 Å². The first kappa shape index (κ1) is 16.3. The summed E-state index contributed by atoms with van der Waals surface area (Å²) in [4.78, 5) is 21.4. The predicted octanol–water partition coefficient (Wildman–Crippen LogP) is 2.74. The van der Waals surface area contributed by atoms with E-state index in [1.807, 2.05) is 25.2 Å². The Balaban J connectivity index is 1.50. The first-order chi connectivity index (χ1) is 12.2. The zero-order valence-corrected chi connectivity index (χ0v) is 14.6. The van der Waals surface area contributed by atoms with Crippen LogP contribution in [0.4, 0.5) is 0 Å². The van der Waals surface area contributed by atoms with Crippen LogP contribution < -0.4 is 0 Å². The molecule has 25 heavy (non-hydrogen) atoms. The molecule has 1 amide bonds. The van der Waals surface area contributed by atoms with Crippen molar-refractivity contribution in [1.82, 2.24) is 19.9 Å². The molecule has 2 aromatic heterocycles. The number of amides is 1. The van der Waals surface area contributed by atoms with Gasteiger partial charge in [0.1, 0.15) is 17.5 Å². The van der Waals surface area contributed by atoms with Gasteiger partial charge >= 0.3 is 0 Å². The summed E-state index contributed by atoms with van der Waals surface area (Å²) in [6.45, 7) is 2.38. The molecule has 1 saturated carbocycles. The Labute approximate surface area is 147 Å². The average Bonchev–Trinajstić information content (AvgIpc) is 3.14. The summed E-state index contributed by atoms with van der Waals surface area (Å²) in [6.07, 6.45) is 8.19. The van der Waals surface area contributed by atoms with Gasteiger partial charge in [-0.15, -0.1) is 0 Å². The summed E-state index contributed by atoms with van der Waals surface area (Å²) in [5.41, 5.74) is 1.78. The summed E-state index contributed by atoms with van der Waals surface area (Å²) >= 11 is 0. The van der Waals surface area contributed by atoms with Crippen molar-refractivity contribution < 1.29 is 9.32 Å². The maximum absolute atomic E-state index is 13.2. The van der Waals surface area contributed by atoms with Gasteiger partial charge < -0.3 is 9.42 Å². The number of likely N-dealkylation sites (tertiary alicyclic amines) is 1. The smallest absolute Gasteiger partial charge is 0.244 e. The molecule has 0 bridgehead atoms. The SMILES string of the molecule is CN(Cc1cc(C2CC2)on1)C(=O)[C@H](c1cccnc1)N1CCCC1. The average molecular weight is 340 g/mol. The zero-order valence-electron chi connectivity index (χ0n) is 14.6. The van der Waals surface area contributed by atoms with Crippen molar-refractivity contribution in [2.24, 2.45) is 0 Å². The fourth-order valence-electron chi connectivity index (χ4n) is 3.54. The monoisotopic (exact) mass is 340 g/mol. The van der Waals surface area contributed by atoms with E-state index in [0.29, 0.717) is 12.5 Å². The van der Waals surface area contributed by atoms with Crippen LogP contribution in [0.1, 0.15) is 54.7 Å². The molecular weight excluding hydrogens is 316 g/mol. The van der Waals surface area contributed by atoms with Gasteiger partial charge in [-0.2, -0.15) is 0 Å². The number of carbonyl (C=O) groups excluding carboxylic acids is 1. The predicted molar refractivity (Wildman–Crippen MR) is 92.7 cm³/mol. The van der Waals surface area contributed by atoms with Crippen molar-refractivity contribution >= 4 is 5.91 Å². The third-order valence-corrected chi connectivity index (χ3v) is 5.07. The molecule has 0 spiro atoms. The molecule has 1 aliphatic heterocycles. The highest BCUT2D eigenvalue weighted by Gasteiger charge is 2.33. The third-order valence-electron chi connectivity index (χ3n) is 5.07. The fraction of sp³-hybridized carbons (Fsp3) is 0.526. The van der Waals surface area contributed by atoms with Crippen LogP contribution in [0.3, 0.4) is 0 Å². The largest absolute Gasteiger partial charge is 0.361 e. The molecule has 132 valence electrons. The molecule has 6 nitrogen and oxygen atoms in total. The second-order valence-corrected chi connectivity index (χ2v) is 7.12. The number of hydrogen-bond acceptors (Lipinski definition) is 5. The van der Waals surface area contributed by atoms with Crippen LogP contribution in [0.2, 0.25) is 0 Å². The Bertz CT molecular complexity index is 720. The summed E-state index contributed by atoms with van der Waals surface area (Å²) in [7, 11) is 1.84. The summed E-state index contributed by atoms with van der Waals surface area (Å²) in [5.74, 6) is 1.58. The van der Waals surface area contributed by atoms with E-state index in [4.69, 9.17) is 4.52 Å². The number of pyridine rings is 1. The standard InChI is InChI=1S/C19H24N4O2/c1-22(13-16-11-17(25-21-16)14-6-7-14)19(24)18(23-9-2-3-10-23)15-5-4-8-20-12-15/h4-5,8,11-12,14,18H,2-3,6-7,9-10,13H2,1H3/t18-/m0/s1. The van der Waals surface area contributed by atoms with E-state index in [9.17, 15) is 4.79 Å². The van der Waals surface area contributed by atoms with Gasteiger partial charge in [0.2, 0.25) is 5.91 Å². The molecule has 0 radical (unpaired) electrons. The van der Waals surface area contributed by atoms with Crippen molar-refractivity contribution in [3.05, 3.63) is 47.6 Å². The van der Waals surface area contributed by atoms with E-state index in [0.717, 1.165) is 42.9 Å². The maximum Gasteiger partial charge on any atom is 0.244 e. The second kappa shape index (κ2) is 6.96. The minimum atomic E-state index is -0.268. The lowest BCUT2D eigenvalue weighted by Crippen LogP contribution is -2.40. The van der Waals surface area contributed by atoms with E-state index in [-0.39, 0.29) is 11.9 Å². The first-order valence-corrected chi connectivity index (χ1v) is 9.07. The van der Waals surface area contributed by atoms with Crippen LogP contribution in [0.15, 0.2) is 35.1 Å². The Morgan fingerprint density at radius 1 is 1.40 bits per heavy atom. The van der Waals surface area contributed by atoms with Crippen LogP contribution in [-0.4, -0.2) is 46.0 Å². The molecule has 1 atom stereocenters. The maximum atomic E-state index is 13.2. The van der Waals surface area contributed by atoms with Gasteiger partial charge in [-0.1, -0.05) is 11.2 Å². The van der Waals surface area contributed by atoms with Crippen molar-refractivity contribution in [2.75, 3.05) is 20.1 Å². The van der Waals surface area contributed by atoms with E-state index < -0.39 is 0 Å². The minimum Gasteiger partial charge on any atom is -0.361 e. The summed E-state index contributed by atoms with van der Waals surface area (Å²) in [5, 5.41) is 4.13. The van der Waals surface area contributed by atoms with Gasteiger partial charge in [0.05, 0.1) is 6.54 Å². The molecule has 0 N–H and O–H groups in total. The van der Waals surface area contributed by atoms with E-state index in [1.54, 1.807) is 17.3 Å². The van der Waals surface area contributed by atoms with Crippen LogP contribution >= 0.6 is 0 Å². The highest BCUT2D eigenvalue weighted by atomic mass is 16.5. The van der Waals surface area contributed by atoms with E-state index >= 15 is 0 Å². The number of nitrogens with zero attached hydrogens (tertiary/aromatic N) is 4. The van der Waals surface area contributed by atoms with Gasteiger partial charge in [-0.3, -0.25) is 14.7 Å². The molecule has 1 saturated heterocycles. The molecule has 2 aliphatic rings. The number of likely N-dealkylation sites (N-methyl/N-ethyl adjacent to an activating group) is 1. The number of hydrogen-bond donors (Lipinski definition) is 0. The van der Waals surface area contributed by atoms with Crippen LogP contribution in [-0.2, 0) is 11.3 Å². The molecule has 0 unspecified atom stereocenters. The third kappa shape index (κ3) is 3.58. The number of rotatable bonds is 6. The van der Waals surface area contributed by atoms with Gasteiger partial charge in [0.25, 0.3) is 0 Å². The quantitative estimate of drug-likeness (QED) is 0.809. The topological polar surface area (TPSA) is 62.5 Å². The lowest BCUT2D eigenvalue weighted by atomic mass is 10.1. The first-order valence-electron chi connectivity index (χ1n) is 9.07. The van der Waals surface area contributed by atoms with E-state index in [2.05, 4.69) is 15.0 Å². The van der Waals surface area contributed by atoms with Gasteiger partial charge in [-0.05, 0) is 50.4 Å². The van der Waals surface area contributed by atoms with Gasteiger partial charge in [0.15, 0.2) is 0 Å². The normalized spacial score (nSPS) is 19.1. The highest BCUT2D eigenvalue weighted by Crippen LogP contribution is 2.40. The Morgan fingerprint density at radius 3 is 2.88 bits per heavy atom. The van der Waals surface area contributed by atoms with Crippen LogP contribution in [0.25, 0.3) is 0 Å². The molecule has 0 aromatic carbocycles. The lowest BCUT2D eigenvalue weighted by molar-refractivity contribution is -0.136. The highest BCUT2D eigenvalue weighted by molar-refractivity contribution is 5.83. The number of aromatic nitrogens is 2. The second-order valence-electron chi connectivity index (χ2n) is 7.12. The van der Waals surface area contributed by atoms with Crippen LogP contribution in [0.5, 0.6) is 0 Å². The Kier molecular flexibility index (Phi) is 4.53. The van der Waals surface area contributed by atoms with E-state index in [1.165, 1.54) is 12.8 Å². The molecule has 3 heterocycles. The van der Waals surface area contributed by atoms with Gasteiger partial charge in [0, 0.05) is 31.4 Å². The molecule has 1 aliphatic carbocycles. The molecular formula is C19H24N4O2. The van der Waals surface area contributed by atoms with Gasteiger partial charge in [-0.25, -0.2) is 0 Å². The van der Waals surface area contributed by atoms with Crippen molar-refractivity contribution in [3.8, 4) is 0 Å². The minimum absolute atomic E-state index is 0.0888. The van der Waals surface area contributed by atoms with Crippen molar-refractivity contribution in [2.45, 2.75) is 44.2 Å². The Morgan fingerprint density at radius 2 is 2.20 bits per heavy atom. The summed E-state index contributed by atoms with van der Waals surface area (Å²) in [6, 6.07) is 5.61. The van der Waals surface area contributed by atoms with Crippen LogP contribution in [0, 0.1) is 0 Å².